The number of alkyl halides is 1. The number of aryl methyl sites for hydroxylation is 1. The first-order chi connectivity index (χ1) is 7.66. The molecular formula is C12H12BrFN2. The maximum Gasteiger partial charge on any atom is 0.123 e. The molecule has 2 rings (SSSR count). The average molecular weight is 283 g/mol. The fraction of sp³-hybridized carbons (Fsp3) is 0.250. The number of benzene rings is 1. The monoisotopic (exact) mass is 282 g/mol. The number of aromatic nitrogens is 2. The van der Waals surface area contributed by atoms with Crippen LogP contribution in [0.15, 0.2) is 30.6 Å². The van der Waals surface area contributed by atoms with Crippen LogP contribution in [0.4, 0.5) is 4.39 Å². The molecule has 1 heterocycles. The van der Waals surface area contributed by atoms with Crippen molar-refractivity contribution in [2.24, 2.45) is 0 Å². The van der Waals surface area contributed by atoms with Gasteiger partial charge in [-0.3, -0.25) is 0 Å². The topological polar surface area (TPSA) is 28.7 Å². The molecule has 4 heteroatoms. The lowest BCUT2D eigenvalue weighted by Gasteiger charge is -2.11. The molecule has 1 aromatic heterocycles. The molecule has 16 heavy (non-hydrogen) atoms. The summed E-state index contributed by atoms with van der Waals surface area (Å²) in [5, 5.41) is 0. The molecule has 0 saturated carbocycles. The summed E-state index contributed by atoms with van der Waals surface area (Å²) in [5.41, 5.74) is 2.05. The summed E-state index contributed by atoms with van der Waals surface area (Å²) in [6.45, 7) is 1.91. The molecule has 0 aliphatic carbocycles. The zero-order chi connectivity index (χ0) is 11.5. The Bertz CT molecular complexity index is 468. The van der Waals surface area contributed by atoms with Gasteiger partial charge in [0.1, 0.15) is 11.6 Å². The summed E-state index contributed by atoms with van der Waals surface area (Å²) in [6.07, 6.45) is 4.29. The van der Waals surface area contributed by atoms with Crippen LogP contribution < -0.4 is 0 Å². The predicted octanol–water partition coefficient (Wildman–Crippen LogP) is 3.54. The highest BCUT2D eigenvalue weighted by molar-refractivity contribution is 9.09. The van der Waals surface area contributed by atoms with Crippen LogP contribution >= 0.6 is 15.9 Å². The lowest BCUT2D eigenvalue weighted by molar-refractivity contribution is 0.625. The highest BCUT2D eigenvalue weighted by Gasteiger charge is 2.12. The van der Waals surface area contributed by atoms with Crippen molar-refractivity contribution in [1.82, 2.24) is 9.97 Å². The number of nitrogens with zero attached hydrogens (tertiary/aromatic N) is 1. The van der Waals surface area contributed by atoms with Gasteiger partial charge in [-0.15, -0.1) is 0 Å². The van der Waals surface area contributed by atoms with Crippen LogP contribution in [0.25, 0.3) is 0 Å². The molecule has 0 saturated heterocycles. The van der Waals surface area contributed by atoms with Crippen molar-refractivity contribution in [3.8, 4) is 0 Å². The number of nitrogens with one attached hydrogen (secondary N) is 1. The quantitative estimate of drug-likeness (QED) is 0.858. The Kier molecular flexibility index (Phi) is 3.39. The molecule has 84 valence electrons. The number of imidazole rings is 1. The van der Waals surface area contributed by atoms with Crippen LogP contribution in [-0.2, 0) is 6.42 Å². The van der Waals surface area contributed by atoms with Gasteiger partial charge >= 0.3 is 0 Å². The lowest BCUT2D eigenvalue weighted by atomic mass is 10.0. The highest BCUT2D eigenvalue weighted by Crippen LogP contribution is 2.28. The normalized spacial score (nSPS) is 12.7. The molecule has 2 nitrogen and oxygen atoms in total. The molecule has 1 aromatic carbocycles. The number of halogens is 2. The van der Waals surface area contributed by atoms with E-state index in [9.17, 15) is 4.39 Å². The largest absolute Gasteiger partial charge is 0.349 e. The van der Waals surface area contributed by atoms with Crippen LogP contribution in [0, 0.1) is 12.7 Å². The Balaban J connectivity index is 2.17. The van der Waals surface area contributed by atoms with Crippen LogP contribution in [0.5, 0.6) is 0 Å². The van der Waals surface area contributed by atoms with Crippen LogP contribution in [0.1, 0.15) is 21.8 Å². The van der Waals surface area contributed by atoms with Crippen molar-refractivity contribution >= 4 is 15.9 Å². The van der Waals surface area contributed by atoms with E-state index in [0.717, 1.165) is 23.4 Å². The van der Waals surface area contributed by atoms with Crippen molar-refractivity contribution in [3.05, 3.63) is 53.4 Å². The van der Waals surface area contributed by atoms with Crippen molar-refractivity contribution in [2.45, 2.75) is 18.2 Å². The standard InChI is InChI=1S/C12H12BrFN2/c1-8-6-9(14)2-3-10(8)11(13)7-12-15-4-5-16-12/h2-6,11H,7H2,1H3,(H,15,16). The molecule has 0 aliphatic heterocycles. The molecule has 0 amide bonds. The number of hydrogen-bond acceptors (Lipinski definition) is 1. The van der Waals surface area contributed by atoms with E-state index in [2.05, 4.69) is 25.9 Å². The van der Waals surface area contributed by atoms with E-state index in [-0.39, 0.29) is 10.6 Å². The second kappa shape index (κ2) is 4.78. The van der Waals surface area contributed by atoms with Crippen LogP contribution in [0.2, 0.25) is 0 Å². The fourth-order valence-electron chi connectivity index (χ4n) is 1.68. The van der Waals surface area contributed by atoms with Crippen molar-refractivity contribution in [3.63, 3.8) is 0 Å². The molecule has 1 atom stereocenters. The van der Waals surface area contributed by atoms with Gasteiger partial charge in [-0.05, 0) is 30.2 Å². The average Bonchev–Trinajstić information content (AvgIpc) is 2.70. The van der Waals surface area contributed by atoms with Gasteiger partial charge < -0.3 is 4.98 Å². The third kappa shape index (κ3) is 2.50. The molecule has 2 aromatic rings. The van der Waals surface area contributed by atoms with E-state index >= 15 is 0 Å². The first kappa shape index (κ1) is 11.3. The fourth-order valence-corrected chi connectivity index (χ4v) is 2.50. The third-order valence-electron chi connectivity index (χ3n) is 2.50. The maximum absolute atomic E-state index is 13.0. The van der Waals surface area contributed by atoms with Gasteiger partial charge in [-0.25, -0.2) is 9.37 Å². The van der Waals surface area contributed by atoms with Crippen molar-refractivity contribution in [1.29, 1.82) is 0 Å². The van der Waals surface area contributed by atoms with Crippen LogP contribution in [-0.4, -0.2) is 9.97 Å². The summed E-state index contributed by atoms with van der Waals surface area (Å²) in [6, 6.07) is 4.84. The molecule has 0 radical (unpaired) electrons. The Morgan fingerprint density at radius 3 is 2.94 bits per heavy atom. The second-order valence-corrected chi connectivity index (χ2v) is 4.81. The van der Waals surface area contributed by atoms with Gasteiger partial charge in [-0.2, -0.15) is 0 Å². The number of H-pyrrole nitrogens is 1. The number of aromatic amines is 1. The summed E-state index contributed by atoms with van der Waals surface area (Å²) in [7, 11) is 0. The van der Waals surface area contributed by atoms with E-state index in [1.807, 2.05) is 13.0 Å². The molecule has 0 aliphatic rings. The predicted molar refractivity (Wildman–Crippen MR) is 65.1 cm³/mol. The van der Waals surface area contributed by atoms with Gasteiger partial charge in [0, 0.05) is 23.6 Å². The number of hydrogen-bond donors (Lipinski definition) is 1. The minimum absolute atomic E-state index is 0.152. The Morgan fingerprint density at radius 2 is 2.31 bits per heavy atom. The Morgan fingerprint density at radius 1 is 1.50 bits per heavy atom. The van der Waals surface area contributed by atoms with Crippen molar-refractivity contribution in [2.75, 3.05) is 0 Å². The molecular weight excluding hydrogens is 271 g/mol. The van der Waals surface area contributed by atoms with Gasteiger partial charge in [0.15, 0.2) is 0 Å². The Labute approximate surface area is 102 Å². The zero-order valence-corrected chi connectivity index (χ0v) is 10.5. The van der Waals surface area contributed by atoms with Gasteiger partial charge in [0.2, 0.25) is 0 Å². The summed E-state index contributed by atoms with van der Waals surface area (Å²) in [5.74, 6) is 0.726. The first-order valence-corrected chi connectivity index (χ1v) is 5.97. The third-order valence-corrected chi connectivity index (χ3v) is 3.31. The second-order valence-electron chi connectivity index (χ2n) is 3.71. The van der Waals surface area contributed by atoms with E-state index in [1.54, 1.807) is 18.5 Å². The number of rotatable bonds is 3. The van der Waals surface area contributed by atoms with Gasteiger partial charge in [0.25, 0.3) is 0 Å². The van der Waals surface area contributed by atoms with Crippen LogP contribution in [0.3, 0.4) is 0 Å². The first-order valence-electron chi connectivity index (χ1n) is 5.05. The zero-order valence-electron chi connectivity index (χ0n) is 8.87. The summed E-state index contributed by atoms with van der Waals surface area (Å²) < 4.78 is 13.0. The summed E-state index contributed by atoms with van der Waals surface area (Å²) >= 11 is 3.60. The Hall–Kier alpha value is -1.16. The van der Waals surface area contributed by atoms with Gasteiger partial charge in [0.05, 0.1) is 0 Å². The summed E-state index contributed by atoms with van der Waals surface area (Å²) in [4.78, 5) is 7.37. The van der Waals surface area contributed by atoms with E-state index in [4.69, 9.17) is 0 Å². The van der Waals surface area contributed by atoms with E-state index < -0.39 is 0 Å². The van der Waals surface area contributed by atoms with E-state index in [1.165, 1.54) is 6.07 Å². The highest BCUT2D eigenvalue weighted by atomic mass is 79.9. The van der Waals surface area contributed by atoms with Gasteiger partial charge in [-0.1, -0.05) is 22.0 Å². The minimum atomic E-state index is -0.195. The molecule has 0 fully saturated rings. The molecule has 1 unspecified atom stereocenters. The maximum atomic E-state index is 13.0. The van der Waals surface area contributed by atoms with E-state index in [0.29, 0.717) is 0 Å². The molecule has 0 spiro atoms. The SMILES string of the molecule is Cc1cc(F)ccc1C(Br)Cc1ncc[nH]1. The molecule has 0 bridgehead atoms. The lowest BCUT2D eigenvalue weighted by Crippen LogP contribution is -2.00. The smallest absolute Gasteiger partial charge is 0.123 e. The van der Waals surface area contributed by atoms with Crippen molar-refractivity contribution < 1.29 is 4.39 Å². The minimum Gasteiger partial charge on any atom is -0.349 e. The molecule has 1 N–H and O–H groups in total.